The minimum Gasteiger partial charge on any atom is -0.357 e. The third-order valence-electron chi connectivity index (χ3n) is 4.79. The molecule has 0 unspecified atom stereocenters. The SMILES string of the molecule is CCNC(=NCc1c(C)nn(C)c1C)N1CCN(c2ncccn2)CC1.I. The number of rotatable bonds is 4. The van der Waals surface area contributed by atoms with Crippen LogP contribution in [0.25, 0.3) is 0 Å². The van der Waals surface area contributed by atoms with Gasteiger partial charge in [-0.05, 0) is 26.8 Å². The molecule has 1 saturated heterocycles. The molecule has 148 valence electrons. The van der Waals surface area contributed by atoms with E-state index in [0.29, 0.717) is 6.54 Å². The van der Waals surface area contributed by atoms with E-state index in [4.69, 9.17) is 4.99 Å². The van der Waals surface area contributed by atoms with E-state index >= 15 is 0 Å². The Kier molecular flexibility index (Phi) is 7.81. The molecule has 0 amide bonds. The zero-order valence-electron chi connectivity index (χ0n) is 16.5. The van der Waals surface area contributed by atoms with Crippen molar-refractivity contribution in [2.75, 3.05) is 37.6 Å². The van der Waals surface area contributed by atoms with E-state index in [-0.39, 0.29) is 24.0 Å². The second-order valence-electron chi connectivity index (χ2n) is 6.47. The Morgan fingerprint density at radius 2 is 1.81 bits per heavy atom. The Balaban J connectivity index is 0.00000261. The highest BCUT2D eigenvalue weighted by molar-refractivity contribution is 14.0. The van der Waals surface area contributed by atoms with E-state index in [2.05, 4.69) is 44.0 Å². The number of nitrogens with zero attached hydrogens (tertiary/aromatic N) is 7. The number of piperazine rings is 1. The summed E-state index contributed by atoms with van der Waals surface area (Å²) in [6, 6.07) is 1.85. The van der Waals surface area contributed by atoms with Crippen LogP contribution in [0.4, 0.5) is 5.95 Å². The molecule has 2 aromatic heterocycles. The number of aryl methyl sites for hydroxylation is 2. The van der Waals surface area contributed by atoms with Gasteiger partial charge in [-0.15, -0.1) is 24.0 Å². The average molecular weight is 484 g/mol. The summed E-state index contributed by atoms with van der Waals surface area (Å²) in [5.74, 6) is 1.76. The van der Waals surface area contributed by atoms with Gasteiger partial charge in [0.25, 0.3) is 0 Å². The van der Waals surface area contributed by atoms with Gasteiger partial charge in [0, 0.05) is 63.4 Å². The molecule has 1 aliphatic rings. The molecule has 0 spiro atoms. The number of hydrogen-bond donors (Lipinski definition) is 1. The molecular formula is C18H29IN8. The maximum atomic E-state index is 4.87. The lowest BCUT2D eigenvalue weighted by molar-refractivity contribution is 0.370. The first-order chi connectivity index (χ1) is 12.6. The van der Waals surface area contributed by atoms with Gasteiger partial charge >= 0.3 is 0 Å². The van der Waals surface area contributed by atoms with Crippen LogP contribution in [0.15, 0.2) is 23.5 Å². The minimum atomic E-state index is 0. The van der Waals surface area contributed by atoms with Crippen molar-refractivity contribution in [1.29, 1.82) is 0 Å². The first-order valence-corrected chi connectivity index (χ1v) is 9.14. The lowest BCUT2D eigenvalue weighted by Crippen LogP contribution is -2.53. The van der Waals surface area contributed by atoms with E-state index in [1.165, 1.54) is 11.3 Å². The van der Waals surface area contributed by atoms with E-state index in [1.54, 1.807) is 12.4 Å². The van der Waals surface area contributed by atoms with E-state index in [0.717, 1.165) is 50.3 Å². The van der Waals surface area contributed by atoms with Gasteiger partial charge in [-0.3, -0.25) is 4.68 Å². The fourth-order valence-electron chi connectivity index (χ4n) is 3.20. The maximum Gasteiger partial charge on any atom is 0.225 e. The fourth-order valence-corrected chi connectivity index (χ4v) is 3.20. The molecule has 0 aromatic carbocycles. The molecule has 3 rings (SSSR count). The van der Waals surface area contributed by atoms with Crippen molar-refractivity contribution in [1.82, 2.24) is 30.0 Å². The van der Waals surface area contributed by atoms with Crippen molar-refractivity contribution in [2.45, 2.75) is 27.3 Å². The first-order valence-electron chi connectivity index (χ1n) is 9.14. The molecular weight excluding hydrogens is 455 g/mol. The third kappa shape index (κ3) is 5.08. The standard InChI is InChI=1S/C18H28N8.HI/c1-5-19-17(22-13-16-14(2)23-24(4)15(16)3)25-9-11-26(12-10-25)18-20-7-6-8-21-18;/h6-8H,5,9-13H2,1-4H3,(H,19,22);1H. The van der Waals surface area contributed by atoms with E-state index < -0.39 is 0 Å². The van der Waals surface area contributed by atoms with Gasteiger partial charge < -0.3 is 15.1 Å². The molecule has 1 N–H and O–H groups in total. The van der Waals surface area contributed by atoms with Crippen molar-refractivity contribution in [3.8, 4) is 0 Å². The van der Waals surface area contributed by atoms with Crippen LogP contribution in [0.3, 0.4) is 0 Å². The molecule has 0 aliphatic carbocycles. The van der Waals surface area contributed by atoms with Gasteiger partial charge in [-0.2, -0.15) is 5.10 Å². The van der Waals surface area contributed by atoms with Crippen molar-refractivity contribution in [3.05, 3.63) is 35.4 Å². The van der Waals surface area contributed by atoms with Crippen LogP contribution < -0.4 is 10.2 Å². The molecule has 0 atom stereocenters. The Hall–Kier alpha value is -1.91. The van der Waals surface area contributed by atoms with Crippen molar-refractivity contribution in [2.24, 2.45) is 12.0 Å². The monoisotopic (exact) mass is 484 g/mol. The average Bonchev–Trinajstić information content (AvgIpc) is 2.91. The summed E-state index contributed by atoms with van der Waals surface area (Å²) < 4.78 is 1.92. The summed E-state index contributed by atoms with van der Waals surface area (Å²) in [5, 5.41) is 7.91. The summed E-state index contributed by atoms with van der Waals surface area (Å²) in [4.78, 5) is 18.1. The summed E-state index contributed by atoms with van der Waals surface area (Å²) in [6.07, 6.45) is 3.58. The second-order valence-corrected chi connectivity index (χ2v) is 6.47. The summed E-state index contributed by atoms with van der Waals surface area (Å²) in [7, 11) is 1.98. The molecule has 0 saturated carbocycles. The molecule has 1 fully saturated rings. The van der Waals surface area contributed by atoms with Crippen molar-refractivity contribution >= 4 is 35.9 Å². The predicted molar refractivity (Wildman–Crippen MR) is 119 cm³/mol. The molecule has 2 aromatic rings. The Morgan fingerprint density at radius 3 is 2.37 bits per heavy atom. The lowest BCUT2D eigenvalue weighted by atomic mass is 10.2. The lowest BCUT2D eigenvalue weighted by Gasteiger charge is -2.36. The first kappa shape index (κ1) is 21.4. The quantitative estimate of drug-likeness (QED) is 0.405. The predicted octanol–water partition coefficient (Wildman–Crippen LogP) is 1.73. The van der Waals surface area contributed by atoms with Gasteiger partial charge in [0.05, 0.1) is 12.2 Å². The molecule has 0 radical (unpaired) electrons. The van der Waals surface area contributed by atoms with Crippen LogP contribution >= 0.6 is 24.0 Å². The number of anilines is 1. The Bertz CT molecular complexity index is 750. The molecule has 27 heavy (non-hydrogen) atoms. The molecule has 9 heteroatoms. The van der Waals surface area contributed by atoms with Crippen LogP contribution in [-0.2, 0) is 13.6 Å². The smallest absolute Gasteiger partial charge is 0.225 e. The highest BCUT2D eigenvalue weighted by atomic mass is 127. The summed E-state index contributed by atoms with van der Waals surface area (Å²) in [5.41, 5.74) is 3.43. The van der Waals surface area contributed by atoms with Gasteiger partial charge in [0.2, 0.25) is 5.95 Å². The molecule has 0 bridgehead atoms. The number of hydrogen-bond acceptors (Lipinski definition) is 5. The van der Waals surface area contributed by atoms with Gasteiger partial charge in [-0.25, -0.2) is 15.0 Å². The Morgan fingerprint density at radius 1 is 1.15 bits per heavy atom. The van der Waals surface area contributed by atoms with Crippen LogP contribution in [0.5, 0.6) is 0 Å². The van der Waals surface area contributed by atoms with Crippen molar-refractivity contribution < 1.29 is 0 Å². The number of aromatic nitrogens is 4. The van der Waals surface area contributed by atoms with Crippen LogP contribution in [0.1, 0.15) is 23.9 Å². The van der Waals surface area contributed by atoms with Gasteiger partial charge in [0.1, 0.15) is 0 Å². The molecule has 3 heterocycles. The second kappa shape index (κ2) is 9.86. The topological polar surface area (TPSA) is 74.5 Å². The number of aliphatic imine (C=N–C) groups is 1. The van der Waals surface area contributed by atoms with Gasteiger partial charge in [0.15, 0.2) is 5.96 Å². The zero-order chi connectivity index (χ0) is 18.5. The van der Waals surface area contributed by atoms with E-state index in [9.17, 15) is 0 Å². The van der Waals surface area contributed by atoms with Crippen LogP contribution in [-0.4, -0.2) is 63.3 Å². The van der Waals surface area contributed by atoms with Crippen LogP contribution in [0.2, 0.25) is 0 Å². The van der Waals surface area contributed by atoms with Crippen molar-refractivity contribution in [3.63, 3.8) is 0 Å². The van der Waals surface area contributed by atoms with Crippen LogP contribution in [0, 0.1) is 13.8 Å². The van der Waals surface area contributed by atoms with E-state index in [1.807, 2.05) is 24.7 Å². The molecule has 1 aliphatic heterocycles. The highest BCUT2D eigenvalue weighted by Crippen LogP contribution is 2.14. The summed E-state index contributed by atoms with van der Waals surface area (Å²) in [6.45, 7) is 11.3. The highest BCUT2D eigenvalue weighted by Gasteiger charge is 2.21. The number of nitrogens with one attached hydrogen (secondary N) is 1. The Labute approximate surface area is 178 Å². The largest absolute Gasteiger partial charge is 0.357 e. The minimum absolute atomic E-state index is 0. The number of halogens is 1. The maximum absolute atomic E-state index is 4.87. The normalized spacial score (nSPS) is 14.9. The summed E-state index contributed by atoms with van der Waals surface area (Å²) >= 11 is 0. The fraction of sp³-hybridized carbons (Fsp3) is 0.556. The zero-order valence-corrected chi connectivity index (χ0v) is 18.8. The van der Waals surface area contributed by atoms with Gasteiger partial charge in [-0.1, -0.05) is 0 Å². The number of guanidine groups is 1. The molecule has 8 nitrogen and oxygen atoms in total. The third-order valence-corrected chi connectivity index (χ3v) is 4.79.